The van der Waals surface area contributed by atoms with E-state index in [1.54, 1.807) is 0 Å². The Morgan fingerprint density at radius 1 is 1.29 bits per heavy atom. The van der Waals surface area contributed by atoms with Gasteiger partial charge >= 0.3 is 0 Å². The van der Waals surface area contributed by atoms with Crippen LogP contribution in [0.2, 0.25) is 0 Å². The minimum atomic E-state index is 0.590. The number of rotatable bonds is 4. The molecule has 1 aliphatic rings. The van der Waals surface area contributed by atoms with E-state index in [1.165, 1.54) is 24.2 Å². The highest BCUT2D eigenvalue weighted by Crippen LogP contribution is 2.20. The SMILES string of the molecule is CCCN1CCN(c2cnccc2CN)CC1. The number of pyridine rings is 1. The van der Waals surface area contributed by atoms with E-state index < -0.39 is 0 Å². The average molecular weight is 234 g/mol. The van der Waals surface area contributed by atoms with Crippen molar-refractivity contribution < 1.29 is 0 Å². The second-order valence-corrected chi connectivity index (χ2v) is 4.54. The fourth-order valence-corrected chi connectivity index (χ4v) is 2.40. The van der Waals surface area contributed by atoms with Gasteiger partial charge in [0.2, 0.25) is 0 Å². The molecule has 0 aromatic carbocycles. The third kappa shape index (κ3) is 2.96. The topological polar surface area (TPSA) is 45.4 Å². The summed E-state index contributed by atoms with van der Waals surface area (Å²) in [6.07, 6.45) is 5.00. The van der Waals surface area contributed by atoms with Gasteiger partial charge in [-0.3, -0.25) is 9.88 Å². The van der Waals surface area contributed by atoms with Crippen molar-refractivity contribution >= 4 is 5.69 Å². The summed E-state index contributed by atoms with van der Waals surface area (Å²) in [5.41, 5.74) is 8.18. The van der Waals surface area contributed by atoms with Crippen molar-refractivity contribution in [3.8, 4) is 0 Å². The summed E-state index contributed by atoms with van der Waals surface area (Å²) in [5.74, 6) is 0. The van der Waals surface area contributed by atoms with Gasteiger partial charge in [0, 0.05) is 38.9 Å². The van der Waals surface area contributed by atoms with Crippen LogP contribution < -0.4 is 10.6 Å². The van der Waals surface area contributed by atoms with Crippen molar-refractivity contribution in [3.63, 3.8) is 0 Å². The molecule has 0 bridgehead atoms. The fraction of sp³-hybridized carbons (Fsp3) is 0.615. The Morgan fingerprint density at radius 2 is 2.06 bits per heavy atom. The molecule has 0 amide bonds. The van der Waals surface area contributed by atoms with Crippen molar-refractivity contribution in [2.45, 2.75) is 19.9 Å². The van der Waals surface area contributed by atoms with Crippen molar-refractivity contribution in [3.05, 3.63) is 24.0 Å². The van der Waals surface area contributed by atoms with Crippen LogP contribution in [0.1, 0.15) is 18.9 Å². The second-order valence-electron chi connectivity index (χ2n) is 4.54. The van der Waals surface area contributed by atoms with Gasteiger partial charge in [0.1, 0.15) is 0 Å². The van der Waals surface area contributed by atoms with E-state index in [1.807, 2.05) is 18.5 Å². The van der Waals surface area contributed by atoms with Gasteiger partial charge < -0.3 is 10.6 Å². The zero-order valence-electron chi connectivity index (χ0n) is 10.6. The van der Waals surface area contributed by atoms with Crippen LogP contribution in [0.25, 0.3) is 0 Å². The molecule has 0 unspecified atom stereocenters. The standard InChI is InChI=1S/C13H22N4/c1-2-5-16-6-8-17(9-7-16)13-11-15-4-3-12(13)10-14/h3-4,11H,2,5-10,14H2,1H3. The quantitative estimate of drug-likeness (QED) is 0.846. The van der Waals surface area contributed by atoms with Gasteiger partial charge in [-0.15, -0.1) is 0 Å². The lowest BCUT2D eigenvalue weighted by molar-refractivity contribution is 0.258. The lowest BCUT2D eigenvalue weighted by atomic mass is 10.2. The van der Waals surface area contributed by atoms with Gasteiger partial charge in [0.05, 0.1) is 11.9 Å². The van der Waals surface area contributed by atoms with E-state index in [-0.39, 0.29) is 0 Å². The fourth-order valence-electron chi connectivity index (χ4n) is 2.40. The molecule has 0 saturated carbocycles. The Bertz CT molecular complexity index is 345. The maximum atomic E-state index is 5.77. The molecule has 1 aliphatic heterocycles. The predicted octanol–water partition coefficient (Wildman–Crippen LogP) is 1.07. The van der Waals surface area contributed by atoms with Crippen LogP contribution in [0.5, 0.6) is 0 Å². The van der Waals surface area contributed by atoms with Gasteiger partial charge in [0.25, 0.3) is 0 Å². The van der Waals surface area contributed by atoms with Crippen molar-refractivity contribution in [1.82, 2.24) is 9.88 Å². The van der Waals surface area contributed by atoms with Gasteiger partial charge in [-0.05, 0) is 24.6 Å². The minimum absolute atomic E-state index is 0.590. The normalized spacial score (nSPS) is 17.4. The van der Waals surface area contributed by atoms with Crippen molar-refractivity contribution in [2.24, 2.45) is 5.73 Å². The molecule has 1 fully saturated rings. The highest BCUT2D eigenvalue weighted by molar-refractivity contribution is 5.52. The summed E-state index contributed by atoms with van der Waals surface area (Å²) in [6.45, 7) is 8.49. The molecule has 2 rings (SSSR count). The molecule has 2 N–H and O–H groups in total. The summed E-state index contributed by atoms with van der Waals surface area (Å²) in [7, 11) is 0. The number of aromatic nitrogens is 1. The van der Waals surface area contributed by atoms with Crippen LogP contribution in [0.15, 0.2) is 18.5 Å². The number of anilines is 1. The van der Waals surface area contributed by atoms with Crippen molar-refractivity contribution in [2.75, 3.05) is 37.6 Å². The van der Waals surface area contributed by atoms with E-state index >= 15 is 0 Å². The predicted molar refractivity (Wildman–Crippen MR) is 71.1 cm³/mol. The van der Waals surface area contributed by atoms with E-state index in [0.717, 1.165) is 26.2 Å². The maximum Gasteiger partial charge on any atom is 0.0599 e. The smallest absolute Gasteiger partial charge is 0.0599 e. The van der Waals surface area contributed by atoms with Gasteiger partial charge in [-0.2, -0.15) is 0 Å². The molecule has 2 heterocycles. The summed E-state index contributed by atoms with van der Waals surface area (Å²) in [4.78, 5) is 9.14. The minimum Gasteiger partial charge on any atom is -0.367 e. The molecule has 94 valence electrons. The van der Waals surface area contributed by atoms with Crippen LogP contribution in [0, 0.1) is 0 Å². The van der Waals surface area contributed by atoms with Gasteiger partial charge in [0.15, 0.2) is 0 Å². The lowest BCUT2D eigenvalue weighted by Gasteiger charge is -2.36. The Kier molecular flexibility index (Phi) is 4.34. The monoisotopic (exact) mass is 234 g/mol. The Morgan fingerprint density at radius 3 is 2.71 bits per heavy atom. The Labute approximate surface area is 103 Å². The second kappa shape index (κ2) is 5.98. The third-order valence-corrected chi connectivity index (χ3v) is 3.36. The number of nitrogens with zero attached hydrogens (tertiary/aromatic N) is 3. The largest absolute Gasteiger partial charge is 0.367 e. The molecule has 0 atom stereocenters. The van der Waals surface area contributed by atoms with E-state index in [0.29, 0.717) is 6.54 Å². The molecule has 4 heteroatoms. The summed E-state index contributed by atoms with van der Waals surface area (Å²) < 4.78 is 0. The molecule has 17 heavy (non-hydrogen) atoms. The number of hydrogen-bond acceptors (Lipinski definition) is 4. The Balaban J connectivity index is 2.00. The van der Waals surface area contributed by atoms with Crippen LogP contribution >= 0.6 is 0 Å². The zero-order chi connectivity index (χ0) is 12.1. The highest BCUT2D eigenvalue weighted by Gasteiger charge is 2.18. The molecular formula is C13H22N4. The maximum absolute atomic E-state index is 5.77. The van der Waals surface area contributed by atoms with Crippen molar-refractivity contribution in [1.29, 1.82) is 0 Å². The summed E-state index contributed by atoms with van der Waals surface area (Å²) in [6, 6.07) is 2.02. The molecule has 1 saturated heterocycles. The number of piperazine rings is 1. The van der Waals surface area contributed by atoms with E-state index in [9.17, 15) is 0 Å². The van der Waals surface area contributed by atoms with Gasteiger partial charge in [-0.25, -0.2) is 0 Å². The molecule has 0 radical (unpaired) electrons. The van der Waals surface area contributed by atoms with Crippen LogP contribution in [0.3, 0.4) is 0 Å². The Hall–Kier alpha value is -1.13. The summed E-state index contributed by atoms with van der Waals surface area (Å²) in [5, 5.41) is 0. The average Bonchev–Trinajstić information content (AvgIpc) is 2.40. The first-order valence-electron chi connectivity index (χ1n) is 6.45. The van der Waals surface area contributed by atoms with Crippen LogP contribution in [0.4, 0.5) is 5.69 Å². The van der Waals surface area contributed by atoms with E-state index in [4.69, 9.17) is 5.73 Å². The summed E-state index contributed by atoms with van der Waals surface area (Å²) >= 11 is 0. The highest BCUT2D eigenvalue weighted by atomic mass is 15.3. The number of hydrogen-bond donors (Lipinski definition) is 1. The van der Waals surface area contributed by atoms with Crippen LogP contribution in [-0.2, 0) is 6.54 Å². The molecule has 4 nitrogen and oxygen atoms in total. The lowest BCUT2D eigenvalue weighted by Crippen LogP contribution is -2.46. The molecule has 1 aromatic rings. The molecule has 1 aromatic heterocycles. The molecular weight excluding hydrogens is 212 g/mol. The zero-order valence-corrected chi connectivity index (χ0v) is 10.6. The van der Waals surface area contributed by atoms with E-state index in [2.05, 4.69) is 21.7 Å². The first-order chi connectivity index (χ1) is 8.35. The molecule has 0 aliphatic carbocycles. The first kappa shape index (κ1) is 12.3. The molecule has 0 spiro atoms. The number of nitrogens with two attached hydrogens (primary N) is 1. The third-order valence-electron chi connectivity index (χ3n) is 3.36. The van der Waals surface area contributed by atoms with Crippen LogP contribution in [-0.4, -0.2) is 42.6 Å². The first-order valence-corrected chi connectivity index (χ1v) is 6.45. The van der Waals surface area contributed by atoms with Gasteiger partial charge in [-0.1, -0.05) is 6.92 Å².